The van der Waals surface area contributed by atoms with E-state index >= 15 is 0 Å². The summed E-state index contributed by atoms with van der Waals surface area (Å²) in [5.74, 6) is -0.00491. The lowest BCUT2D eigenvalue weighted by Gasteiger charge is -2.05. The molecule has 0 amide bonds. The quantitative estimate of drug-likeness (QED) is 0.836. The molecule has 2 rings (SSSR count). The van der Waals surface area contributed by atoms with E-state index in [0.29, 0.717) is 5.69 Å². The molecule has 0 bridgehead atoms. The van der Waals surface area contributed by atoms with Gasteiger partial charge >= 0.3 is 0 Å². The number of anilines is 1. The van der Waals surface area contributed by atoms with Crippen LogP contribution in [0.4, 0.5) is 5.82 Å². The molecule has 0 aromatic carbocycles. The molecular weight excluding hydrogens is 256 g/mol. The molecule has 0 saturated heterocycles. The van der Waals surface area contributed by atoms with Gasteiger partial charge in [-0.25, -0.2) is 13.1 Å². The first kappa shape index (κ1) is 12.7. The van der Waals surface area contributed by atoms with Gasteiger partial charge in [0.15, 0.2) is 5.82 Å². The standard InChI is InChI=1S/C10H14N4O3S/c1-7-9(10(11)13-14(7)2)18(15,16)12-5-8-3-4-17-6-8/h3-4,6,12H,5H2,1-2H3,(H2,11,13). The summed E-state index contributed by atoms with van der Waals surface area (Å²) < 4.78 is 33.0. The van der Waals surface area contributed by atoms with Gasteiger partial charge in [0.25, 0.3) is 0 Å². The number of nitrogens with one attached hydrogen (secondary N) is 1. The Hall–Kier alpha value is -1.80. The van der Waals surface area contributed by atoms with Crippen molar-refractivity contribution in [3.8, 4) is 0 Å². The molecule has 2 aromatic rings. The van der Waals surface area contributed by atoms with E-state index in [1.807, 2.05) is 0 Å². The van der Waals surface area contributed by atoms with Crippen LogP contribution in [0.15, 0.2) is 27.9 Å². The zero-order valence-electron chi connectivity index (χ0n) is 10.0. The lowest BCUT2D eigenvalue weighted by atomic mass is 10.4. The Bertz CT molecular complexity index is 643. The summed E-state index contributed by atoms with van der Waals surface area (Å²) in [6, 6.07) is 1.68. The summed E-state index contributed by atoms with van der Waals surface area (Å²) in [4.78, 5) is 0.0218. The number of sulfonamides is 1. The Morgan fingerprint density at radius 2 is 2.28 bits per heavy atom. The number of aryl methyl sites for hydroxylation is 1. The van der Waals surface area contributed by atoms with Crippen LogP contribution < -0.4 is 10.5 Å². The monoisotopic (exact) mass is 270 g/mol. The maximum absolute atomic E-state index is 12.1. The van der Waals surface area contributed by atoms with E-state index in [4.69, 9.17) is 10.2 Å². The van der Waals surface area contributed by atoms with Crippen molar-refractivity contribution in [1.29, 1.82) is 0 Å². The van der Waals surface area contributed by atoms with Crippen LogP contribution in [-0.4, -0.2) is 18.2 Å². The fraction of sp³-hybridized carbons (Fsp3) is 0.300. The van der Waals surface area contributed by atoms with E-state index < -0.39 is 10.0 Å². The maximum Gasteiger partial charge on any atom is 0.246 e. The zero-order chi connectivity index (χ0) is 13.3. The van der Waals surface area contributed by atoms with Crippen molar-refractivity contribution in [2.24, 2.45) is 7.05 Å². The Labute approximate surface area is 105 Å². The van der Waals surface area contributed by atoms with Crippen LogP contribution >= 0.6 is 0 Å². The fourth-order valence-electron chi connectivity index (χ4n) is 1.59. The van der Waals surface area contributed by atoms with Crippen molar-refractivity contribution in [3.63, 3.8) is 0 Å². The first-order chi connectivity index (χ1) is 8.42. The molecule has 8 heteroatoms. The summed E-state index contributed by atoms with van der Waals surface area (Å²) in [7, 11) is -2.04. The molecule has 0 aliphatic rings. The first-order valence-electron chi connectivity index (χ1n) is 5.21. The third-order valence-corrected chi connectivity index (χ3v) is 4.19. The van der Waals surface area contributed by atoms with Crippen molar-refractivity contribution in [2.45, 2.75) is 18.4 Å². The number of nitrogens with zero attached hydrogens (tertiary/aromatic N) is 2. The van der Waals surface area contributed by atoms with Crippen LogP contribution in [0.3, 0.4) is 0 Å². The van der Waals surface area contributed by atoms with Crippen LogP contribution in [0, 0.1) is 6.92 Å². The number of nitrogen functional groups attached to an aromatic ring is 1. The third kappa shape index (κ3) is 2.24. The maximum atomic E-state index is 12.1. The fourth-order valence-corrected chi connectivity index (χ4v) is 2.93. The smallest absolute Gasteiger partial charge is 0.246 e. The average molecular weight is 270 g/mol. The Morgan fingerprint density at radius 1 is 1.56 bits per heavy atom. The molecule has 2 aromatic heterocycles. The molecule has 2 heterocycles. The van der Waals surface area contributed by atoms with E-state index in [9.17, 15) is 8.42 Å². The van der Waals surface area contributed by atoms with Crippen LogP contribution in [0.1, 0.15) is 11.3 Å². The van der Waals surface area contributed by atoms with Crippen molar-refractivity contribution in [1.82, 2.24) is 14.5 Å². The van der Waals surface area contributed by atoms with Crippen LogP contribution in [0.2, 0.25) is 0 Å². The number of nitrogens with two attached hydrogens (primary N) is 1. The largest absolute Gasteiger partial charge is 0.472 e. The van der Waals surface area contributed by atoms with Crippen LogP contribution in [0.25, 0.3) is 0 Å². The minimum Gasteiger partial charge on any atom is -0.472 e. The molecule has 0 atom stereocenters. The molecule has 18 heavy (non-hydrogen) atoms. The number of furan rings is 1. The summed E-state index contributed by atoms with van der Waals surface area (Å²) in [6.07, 6.45) is 2.95. The van der Waals surface area contributed by atoms with Gasteiger partial charge in [-0.15, -0.1) is 0 Å². The van der Waals surface area contributed by atoms with Crippen LogP contribution in [0.5, 0.6) is 0 Å². The van der Waals surface area contributed by atoms with Gasteiger partial charge in [0.1, 0.15) is 4.90 Å². The number of hydrogen-bond donors (Lipinski definition) is 2. The normalized spacial score (nSPS) is 11.9. The highest BCUT2D eigenvalue weighted by Crippen LogP contribution is 2.21. The highest BCUT2D eigenvalue weighted by atomic mass is 32.2. The first-order valence-corrected chi connectivity index (χ1v) is 6.70. The number of rotatable bonds is 4. The Balaban J connectivity index is 2.26. The zero-order valence-corrected chi connectivity index (χ0v) is 10.9. The van der Waals surface area contributed by atoms with E-state index in [1.165, 1.54) is 17.2 Å². The summed E-state index contributed by atoms with van der Waals surface area (Å²) >= 11 is 0. The summed E-state index contributed by atoms with van der Waals surface area (Å²) in [5.41, 5.74) is 6.84. The second-order valence-electron chi connectivity index (χ2n) is 3.88. The highest BCUT2D eigenvalue weighted by molar-refractivity contribution is 7.89. The molecule has 0 unspecified atom stereocenters. The van der Waals surface area contributed by atoms with E-state index in [-0.39, 0.29) is 17.3 Å². The van der Waals surface area contributed by atoms with Gasteiger partial charge in [-0.3, -0.25) is 4.68 Å². The van der Waals surface area contributed by atoms with Gasteiger partial charge in [0.05, 0.1) is 18.2 Å². The van der Waals surface area contributed by atoms with E-state index in [0.717, 1.165) is 5.56 Å². The van der Waals surface area contributed by atoms with Crippen molar-refractivity contribution in [3.05, 3.63) is 29.9 Å². The predicted octanol–water partition coefficient (Wildman–Crippen LogP) is 0.382. The second kappa shape index (κ2) is 4.46. The van der Waals surface area contributed by atoms with E-state index in [1.54, 1.807) is 20.0 Å². The van der Waals surface area contributed by atoms with Crippen molar-refractivity contribution >= 4 is 15.8 Å². The average Bonchev–Trinajstić information content (AvgIpc) is 2.86. The second-order valence-corrected chi connectivity index (χ2v) is 5.58. The summed E-state index contributed by atoms with van der Waals surface area (Å²) in [5, 5.41) is 3.88. The lowest BCUT2D eigenvalue weighted by molar-refractivity contribution is 0.561. The number of aromatic nitrogens is 2. The van der Waals surface area contributed by atoms with Crippen molar-refractivity contribution in [2.75, 3.05) is 5.73 Å². The molecule has 0 radical (unpaired) electrons. The molecule has 98 valence electrons. The van der Waals surface area contributed by atoms with Crippen LogP contribution in [-0.2, 0) is 23.6 Å². The molecule has 0 aliphatic carbocycles. The van der Waals surface area contributed by atoms with E-state index in [2.05, 4.69) is 9.82 Å². The molecule has 0 fully saturated rings. The predicted molar refractivity (Wildman–Crippen MR) is 65.1 cm³/mol. The Morgan fingerprint density at radius 3 is 2.78 bits per heavy atom. The summed E-state index contributed by atoms with van der Waals surface area (Å²) in [6.45, 7) is 1.79. The molecular formula is C10H14N4O3S. The molecule has 0 saturated carbocycles. The minimum atomic E-state index is -3.68. The molecule has 7 nitrogen and oxygen atoms in total. The molecule has 3 N–H and O–H groups in total. The SMILES string of the molecule is Cc1c(S(=O)(=O)NCc2ccoc2)c(N)nn1C. The Kier molecular flexibility index (Phi) is 3.14. The molecule has 0 spiro atoms. The molecule has 0 aliphatic heterocycles. The highest BCUT2D eigenvalue weighted by Gasteiger charge is 2.24. The minimum absolute atomic E-state index is 0.00491. The lowest BCUT2D eigenvalue weighted by Crippen LogP contribution is -2.24. The van der Waals surface area contributed by atoms with Crippen molar-refractivity contribution < 1.29 is 12.8 Å². The topological polar surface area (TPSA) is 103 Å². The van der Waals surface area contributed by atoms with Gasteiger partial charge in [0, 0.05) is 19.2 Å². The third-order valence-electron chi connectivity index (χ3n) is 2.62. The van der Waals surface area contributed by atoms with Gasteiger partial charge in [-0.1, -0.05) is 0 Å². The van der Waals surface area contributed by atoms with Gasteiger partial charge in [-0.05, 0) is 13.0 Å². The van der Waals surface area contributed by atoms with Gasteiger partial charge < -0.3 is 10.2 Å². The van der Waals surface area contributed by atoms with Gasteiger partial charge in [0.2, 0.25) is 10.0 Å². The number of hydrogen-bond acceptors (Lipinski definition) is 5. The van der Waals surface area contributed by atoms with Gasteiger partial charge in [-0.2, -0.15) is 5.10 Å².